The first kappa shape index (κ1) is 12.6. The van der Waals surface area contributed by atoms with Gasteiger partial charge in [0.15, 0.2) is 5.72 Å². The number of rotatable bonds is 3. The van der Waals surface area contributed by atoms with Crippen LogP contribution in [0.25, 0.3) is 10.8 Å². The molecule has 1 heterocycles. The average Bonchev–Trinajstić information content (AvgIpc) is 2.48. The largest absolute Gasteiger partial charge is 0.375 e. The van der Waals surface area contributed by atoms with Crippen LogP contribution < -0.4 is 5.32 Å². The molecule has 1 aliphatic heterocycles. The summed E-state index contributed by atoms with van der Waals surface area (Å²) in [6.07, 6.45) is 0. The lowest BCUT2D eigenvalue weighted by molar-refractivity contribution is -0.148. The zero-order chi connectivity index (χ0) is 13.1. The summed E-state index contributed by atoms with van der Waals surface area (Å²) in [5, 5.41) is 7.12. The summed E-state index contributed by atoms with van der Waals surface area (Å²) < 4.78 is 11.6. The summed E-state index contributed by atoms with van der Waals surface area (Å²) in [5.41, 5.74) is 0.459. The van der Waals surface area contributed by atoms with Gasteiger partial charge in [0.2, 0.25) is 0 Å². The summed E-state index contributed by atoms with van der Waals surface area (Å²) in [6.45, 7) is 4.48. The molecule has 1 unspecified atom stereocenters. The highest BCUT2D eigenvalue weighted by atomic mass is 16.6. The zero-order valence-electron chi connectivity index (χ0n) is 11.1. The van der Waals surface area contributed by atoms with E-state index in [4.69, 9.17) is 14.8 Å². The van der Waals surface area contributed by atoms with E-state index in [0.717, 1.165) is 5.56 Å². The van der Waals surface area contributed by atoms with Crippen LogP contribution in [-0.2, 0) is 15.2 Å². The number of hydrogen-bond donors (Lipinski definition) is 0. The van der Waals surface area contributed by atoms with Crippen molar-refractivity contribution in [3.05, 3.63) is 48.0 Å². The fourth-order valence-corrected chi connectivity index (χ4v) is 2.68. The molecule has 1 fully saturated rings. The van der Waals surface area contributed by atoms with E-state index < -0.39 is 5.72 Å². The van der Waals surface area contributed by atoms with Gasteiger partial charge >= 0.3 is 0 Å². The van der Waals surface area contributed by atoms with Gasteiger partial charge in [0.25, 0.3) is 0 Å². The summed E-state index contributed by atoms with van der Waals surface area (Å²) in [5.74, 6) is 0. The molecule has 3 rings (SSSR count). The maximum atomic E-state index is 5.97. The van der Waals surface area contributed by atoms with Crippen LogP contribution in [0.15, 0.2) is 42.5 Å². The molecule has 1 saturated heterocycles. The Morgan fingerprint density at radius 1 is 1.21 bits per heavy atom. The van der Waals surface area contributed by atoms with Gasteiger partial charge in [-0.3, -0.25) is 0 Å². The van der Waals surface area contributed by atoms with Gasteiger partial charge in [0.1, 0.15) is 0 Å². The highest BCUT2D eigenvalue weighted by Gasteiger charge is 2.37. The molecule has 0 aromatic heterocycles. The zero-order valence-corrected chi connectivity index (χ0v) is 11.1. The first-order chi connectivity index (χ1) is 9.36. The van der Waals surface area contributed by atoms with Crippen molar-refractivity contribution < 1.29 is 9.47 Å². The number of nitrogens with zero attached hydrogens (tertiary/aromatic N) is 1. The third kappa shape index (κ3) is 2.25. The Bertz CT molecular complexity index is 551. The van der Waals surface area contributed by atoms with Gasteiger partial charge in [-0.15, -0.1) is 0 Å². The van der Waals surface area contributed by atoms with E-state index in [1.807, 2.05) is 13.0 Å². The minimum Gasteiger partial charge on any atom is -0.375 e. The maximum absolute atomic E-state index is 5.97. The van der Waals surface area contributed by atoms with Crippen LogP contribution in [0.5, 0.6) is 0 Å². The van der Waals surface area contributed by atoms with E-state index in [0.29, 0.717) is 26.4 Å². The topological polar surface area (TPSA) is 32.6 Å². The van der Waals surface area contributed by atoms with Crippen molar-refractivity contribution in [2.24, 2.45) is 0 Å². The third-order valence-corrected chi connectivity index (χ3v) is 3.49. The molecule has 3 nitrogen and oxygen atoms in total. The van der Waals surface area contributed by atoms with Crippen LogP contribution in [0, 0.1) is 0 Å². The predicted octanol–water partition coefficient (Wildman–Crippen LogP) is 2.66. The Morgan fingerprint density at radius 2 is 2.05 bits per heavy atom. The van der Waals surface area contributed by atoms with Gasteiger partial charge in [-0.05, 0) is 17.7 Å². The molecule has 0 N–H and O–H groups in total. The molecular weight excluding hydrogens is 238 g/mol. The lowest BCUT2D eigenvalue weighted by atomic mass is 9.95. The van der Waals surface area contributed by atoms with Gasteiger partial charge in [-0.2, -0.15) is 5.32 Å². The first-order valence-corrected chi connectivity index (χ1v) is 6.74. The van der Waals surface area contributed by atoms with Crippen molar-refractivity contribution in [2.45, 2.75) is 12.6 Å². The molecule has 3 heteroatoms. The Kier molecular flexibility index (Phi) is 3.51. The van der Waals surface area contributed by atoms with E-state index in [1.54, 1.807) is 0 Å². The fraction of sp³-hybridized carbons (Fsp3) is 0.375. The van der Waals surface area contributed by atoms with Crippen LogP contribution in [0.1, 0.15) is 12.5 Å². The monoisotopic (exact) mass is 256 g/mol. The minimum absolute atomic E-state index is 0.495. The Hall–Kier alpha value is -1.42. The smallest absolute Gasteiger partial charge is 0.184 e. The number of fused-ring (bicyclic) bond motifs is 1. The average molecular weight is 256 g/mol. The van der Waals surface area contributed by atoms with E-state index in [-0.39, 0.29) is 0 Å². The SMILES string of the molecule is CCOC1(c2cccc3ccccc23)COCC[N]1. The first-order valence-electron chi connectivity index (χ1n) is 6.74. The van der Waals surface area contributed by atoms with Gasteiger partial charge in [-0.25, -0.2) is 0 Å². The molecule has 0 saturated carbocycles. The van der Waals surface area contributed by atoms with Crippen molar-refractivity contribution in [1.82, 2.24) is 5.32 Å². The molecule has 0 spiro atoms. The second-order valence-electron chi connectivity index (χ2n) is 4.68. The normalized spacial score (nSPS) is 23.6. The third-order valence-electron chi connectivity index (χ3n) is 3.49. The molecule has 0 aliphatic carbocycles. The molecule has 2 aromatic rings. The van der Waals surface area contributed by atoms with Crippen LogP contribution in [-0.4, -0.2) is 26.4 Å². The maximum Gasteiger partial charge on any atom is 0.184 e. The molecule has 19 heavy (non-hydrogen) atoms. The van der Waals surface area contributed by atoms with Crippen molar-refractivity contribution in [1.29, 1.82) is 0 Å². The highest BCUT2D eigenvalue weighted by molar-refractivity contribution is 5.86. The van der Waals surface area contributed by atoms with Crippen molar-refractivity contribution in [2.75, 3.05) is 26.4 Å². The summed E-state index contributed by atoms with van der Waals surface area (Å²) in [7, 11) is 0. The van der Waals surface area contributed by atoms with Gasteiger partial charge < -0.3 is 9.47 Å². The second kappa shape index (κ2) is 5.29. The van der Waals surface area contributed by atoms with E-state index in [9.17, 15) is 0 Å². The standard InChI is InChI=1S/C16H18NO2/c1-2-19-16(12-18-11-10-17-16)15-9-5-7-13-6-3-4-8-14(13)15/h3-9H,2,10-12H2,1H3. The molecule has 1 radical (unpaired) electrons. The van der Waals surface area contributed by atoms with Crippen LogP contribution >= 0.6 is 0 Å². The molecular formula is C16H18NO2. The van der Waals surface area contributed by atoms with Crippen molar-refractivity contribution >= 4 is 10.8 Å². The lowest BCUT2D eigenvalue weighted by Crippen LogP contribution is -2.49. The predicted molar refractivity (Wildman–Crippen MR) is 75.1 cm³/mol. The molecule has 1 aliphatic rings. The van der Waals surface area contributed by atoms with Crippen molar-refractivity contribution in [3.8, 4) is 0 Å². The van der Waals surface area contributed by atoms with Gasteiger partial charge in [-0.1, -0.05) is 42.5 Å². The van der Waals surface area contributed by atoms with Gasteiger partial charge in [0, 0.05) is 18.7 Å². The lowest BCUT2D eigenvalue weighted by Gasteiger charge is -2.37. The quantitative estimate of drug-likeness (QED) is 0.845. The molecule has 0 amide bonds. The highest BCUT2D eigenvalue weighted by Crippen LogP contribution is 2.32. The minimum atomic E-state index is -0.645. The van der Waals surface area contributed by atoms with Gasteiger partial charge in [0.05, 0.1) is 13.2 Å². The Labute approximate surface area is 113 Å². The van der Waals surface area contributed by atoms with E-state index in [1.165, 1.54) is 10.8 Å². The van der Waals surface area contributed by atoms with Crippen LogP contribution in [0.2, 0.25) is 0 Å². The van der Waals surface area contributed by atoms with E-state index >= 15 is 0 Å². The summed E-state index contributed by atoms with van der Waals surface area (Å²) >= 11 is 0. The number of hydrogen-bond acceptors (Lipinski definition) is 2. The Morgan fingerprint density at radius 3 is 2.84 bits per heavy atom. The molecule has 1 atom stereocenters. The summed E-state index contributed by atoms with van der Waals surface area (Å²) in [6, 6.07) is 14.6. The Balaban J connectivity index is 2.14. The molecule has 2 aromatic carbocycles. The second-order valence-corrected chi connectivity index (χ2v) is 4.68. The number of morpholine rings is 1. The number of ether oxygens (including phenoxy) is 2. The van der Waals surface area contributed by atoms with Crippen LogP contribution in [0.4, 0.5) is 0 Å². The van der Waals surface area contributed by atoms with Crippen LogP contribution in [0.3, 0.4) is 0 Å². The van der Waals surface area contributed by atoms with Crippen molar-refractivity contribution in [3.63, 3.8) is 0 Å². The molecule has 0 bridgehead atoms. The fourth-order valence-electron chi connectivity index (χ4n) is 2.68. The van der Waals surface area contributed by atoms with E-state index in [2.05, 4.69) is 36.4 Å². The molecule has 99 valence electrons. The number of benzene rings is 2. The summed E-state index contributed by atoms with van der Waals surface area (Å²) in [4.78, 5) is 0.